The van der Waals surface area contributed by atoms with Crippen LogP contribution in [-0.4, -0.2) is 11.8 Å². The fourth-order valence-corrected chi connectivity index (χ4v) is 3.61. The predicted octanol–water partition coefficient (Wildman–Crippen LogP) is 4.58. The molecule has 0 heterocycles. The number of hydrogen-bond donors (Lipinski definition) is 2. The third-order valence-corrected chi connectivity index (χ3v) is 4.93. The molecule has 2 aromatic rings. The van der Waals surface area contributed by atoms with Gasteiger partial charge in [-0.15, -0.1) is 0 Å². The largest absolute Gasteiger partial charge is 0.345 e. The average molecular weight is 372 g/mol. The van der Waals surface area contributed by atoms with E-state index in [4.69, 9.17) is 0 Å². The molecule has 2 amide bonds. The molecule has 1 aliphatic rings. The van der Waals surface area contributed by atoms with E-state index in [1.54, 1.807) is 12.1 Å². The lowest BCUT2D eigenvalue weighted by Gasteiger charge is -2.25. The molecule has 6 heteroatoms. The normalized spacial score (nSPS) is 15.4. The van der Waals surface area contributed by atoms with Crippen LogP contribution < -0.4 is 10.6 Å². The van der Waals surface area contributed by atoms with Crippen molar-refractivity contribution in [3.05, 3.63) is 65.2 Å². The standard InChI is InChI=1S/C21H22F2N2O2/c1-13(26)24-19-12-16(8-11-18(19)23)21(27)25-20(14-4-2-3-5-14)15-6-9-17(22)10-7-15/h6-12,14,20H,2-5H2,1H3,(H,24,26)(H,25,27). The second kappa shape index (κ2) is 8.29. The molecule has 0 aromatic heterocycles. The number of carbonyl (C=O) groups excluding carboxylic acids is 2. The zero-order valence-electron chi connectivity index (χ0n) is 15.1. The van der Waals surface area contributed by atoms with Crippen LogP contribution in [0.4, 0.5) is 14.5 Å². The minimum atomic E-state index is -0.604. The van der Waals surface area contributed by atoms with Crippen molar-refractivity contribution in [2.24, 2.45) is 5.92 Å². The monoisotopic (exact) mass is 372 g/mol. The van der Waals surface area contributed by atoms with Crippen molar-refractivity contribution >= 4 is 17.5 Å². The molecule has 0 bridgehead atoms. The highest BCUT2D eigenvalue weighted by molar-refractivity contribution is 5.97. The molecule has 1 atom stereocenters. The summed E-state index contributed by atoms with van der Waals surface area (Å²) in [6.45, 7) is 1.27. The number of hydrogen-bond acceptors (Lipinski definition) is 2. The van der Waals surface area contributed by atoms with Crippen LogP contribution in [0.5, 0.6) is 0 Å². The molecule has 1 saturated carbocycles. The van der Waals surface area contributed by atoms with Gasteiger partial charge in [-0.05, 0) is 54.7 Å². The van der Waals surface area contributed by atoms with Gasteiger partial charge in [-0.25, -0.2) is 8.78 Å². The molecular weight excluding hydrogens is 350 g/mol. The molecular formula is C21H22F2N2O2. The van der Waals surface area contributed by atoms with Crippen molar-refractivity contribution in [3.63, 3.8) is 0 Å². The molecule has 1 unspecified atom stereocenters. The first-order valence-corrected chi connectivity index (χ1v) is 9.07. The number of benzene rings is 2. The number of carbonyl (C=O) groups is 2. The fourth-order valence-electron chi connectivity index (χ4n) is 3.61. The van der Waals surface area contributed by atoms with Gasteiger partial charge in [-0.2, -0.15) is 0 Å². The number of rotatable bonds is 5. The summed E-state index contributed by atoms with van der Waals surface area (Å²) in [6, 6.07) is 9.76. The van der Waals surface area contributed by atoms with Crippen LogP contribution in [-0.2, 0) is 4.79 Å². The molecule has 0 aliphatic heterocycles. The van der Waals surface area contributed by atoms with Gasteiger partial charge in [0.25, 0.3) is 5.91 Å². The minimum Gasteiger partial charge on any atom is -0.345 e. The van der Waals surface area contributed by atoms with E-state index in [9.17, 15) is 18.4 Å². The molecule has 0 radical (unpaired) electrons. The lowest BCUT2D eigenvalue weighted by molar-refractivity contribution is -0.114. The first-order valence-electron chi connectivity index (χ1n) is 9.07. The summed E-state index contributed by atoms with van der Waals surface area (Å²) in [7, 11) is 0. The van der Waals surface area contributed by atoms with Gasteiger partial charge in [0.1, 0.15) is 11.6 Å². The molecule has 1 aliphatic carbocycles. The van der Waals surface area contributed by atoms with Crippen molar-refractivity contribution in [1.29, 1.82) is 0 Å². The zero-order valence-corrected chi connectivity index (χ0v) is 15.1. The Bertz CT molecular complexity index is 831. The first kappa shape index (κ1) is 19.0. The third-order valence-electron chi connectivity index (χ3n) is 4.93. The van der Waals surface area contributed by atoms with E-state index in [0.717, 1.165) is 37.3 Å². The van der Waals surface area contributed by atoms with Crippen LogP contribution in [0, 0.1) is 17.6 Å². The Morgan fingerprint density at radius 3 is 2.33 bits per heavy atom. The lowest BCUT2D eigenvalue weighted by Crippen LogP contribution is -2.32. The second-order valence-electron chi connectivity index (χ2n) is 6.92. The predicted molar refractivity (Wildman–Crippen MR) is 99.3 cm³/mol. The summed E-state index contributed by atoms with van der Waals surface area (Å²) < 4.78 is 27.1. The summed E-state index contributed by atoms with van der Waals surface area (Å²) in [5.41, 5.74) is 1.07. The molecule has 2 aromatic carbocycles. The number of anilines is 1. The summed E-state index contributed by atoms with van der Waals surface area (Å²) in [5, 5.41) is 5.39. The fraction of sp³-hybridized carbons (Fsp3) is 0.333. The number of halogens is 2. The molecule has 0 spiro atoms. The van der Waals surface area contributed by atoms with Gasteiger partial charge in [0, 0.05) is 12.5 Å². The van der Waals surface area contributed by atoms with E-state index >= 15 is 0 Å². The van der Waals surface area contributed by atoms with Crippen LogP contribution in [0.25, 0.3) is 0 Å². The Morgan fingerprint density at radius 1 is 1.04 bits per heavy atom. The van der Waals surface area contributed by atoms with Gasteiger partial charge in [-0.1, -0.05) is 25.0 Å². The maximum atomic E-state index is 13.8. The lowest BCUT2D eigenvalue weighted by atomic mass is 9.91. The molecule has 3 rings (SSSR count). The Labute approximate surface area is 157 Å². The number of amides is 2. The Hall–Kier alpha value is -2.76. The van der Waals surface area contributed by atoms with Crippen molar-refractivity contribution < 1.29 is 18.4 Å². The highest BCUT2D eigenvalue weighted by Gasteiger charge is 2.28. The van der Waals surface area contributed by atoms with E-state index in [2.05, 4.69) is 10.6 Å². The average Bonchev–Trinajstić information content (AvgIpc) is 3.16. The van der Waals surface area contributed by atoms with Crippen molar-refractivity contribution in [2.45, 2.75) is 38.6 Å². The van der Waals surface area contributed by atoms with Gasteiger partial charge in [0.15, 0.2) is 0 Å². The quantitative estimate of drug-likeness (QED) is 0.807. The zero-order chi connectivity index (χ0) is 19.4. The van der Waals surface area contributed by atoms with Gasteiger partial charge < -0.3 is 10.6 Å². The van der Waals surface area contributed by atoms with Crippen LogP contribution in [0.2, 0.25) is 0 Å². The van der Waals surface area contributed by atoms with Gasteiger partial charge in [0.05, 0.1) is 11.7 Å². The maximum Gasteiger partial charge on any atom is 0.251 e. The Morgan fingerprint density at radius 2 is 1.70 bits per heavy atom. The SMILES string of the molecule is CC(=O)Nc1cc(C(=O)NC(c2ccc(F)cc2)C2CCCC2)ccc1F. The first-order chi connectivity index (χ1) is 12.9. The van der Waals surface area contributed by atoms with Gasteiger partial charge >= 0.3 is 0 Å². The van der Waals surface area contributed by atoms with E-state index in [1.165, 1.54) is 31.2 Å². The summed E-state index contributed by atoms with van der Waals surface area (Å²) in [6.07, 6.45) is 4.18. The maximum absolute atomic E-state index is 13.8. The Kier molecular flexibility index (Phi) is 5.84. The smallest absolute Gasteiger partial charge is 0.251 e. The summed E-state index contributed by atoms with van der Waals surface area (Å²) in [5.74, 6) is -1.43. The molecule has 4 nitrogen and oxygen atoms in total. The van der Waals surface area contributed by atoms with Crippen molar-refractivity contribution in [1.82, 2.24) is 5.32 Å². The van der Waals surface area contributed by atoms with Gasteiger partial charge in [-0.3, -0.25) is 9.59 Å². The number of nitrogens with one attached hydrogen (secondary N) is 2. The summed E-state index contributed by atoms with van der Waals surface area (Å²) in [4.78, 5) is 24.0. The molecule has 1 fully saturated rings. The van der Waals surface area contributed by atoms with E-state index in [0.29, 0.717) is 0 Å². The summed E-state index contributed by atoms with van der Waals surface area (Å²) >= 11 is 0. The topological polar surface area (TPSA) is 58.2 Å². The molecule has 27 heavy (non-hydrogen) atoms. The minimum absolute atomic E-state index is 0.0330. The van der Waals surface area contributed by atoms with Crippen LogP contribution in [0.15, 0.2) is 42.5 Å². The van der Waals surface area contributed by atoms with Crippen LogP contribution in [0.1, 0.15) is 54.6 Å². The van der Waals surface area contributed by atoms with Crippen molar-refractivity contribution in [2.75, 3.05) is 5.32 Å². The molecule has 2 N–H and O–H groups in total. The van der Waals surface area contributed by atoms with Gasteiger partial charge in [0.2, 0.25) is 5.91 Å². The second-order valence-corrected chi connectivity index (χ2v) is 6.92. The van der Waals surface area contributed by atoms with E-state index in [-0.39, 0.29) is 34.9 Å². The van der Waals surface area contributed by atoms with E-state index in [1.807, 2.05) is 0 Å². The molecule has 0 saturated heterocycles. The van der Waals surface area contributed by atoms with E-state index < -0.39 is 11.7 Å². The van der Waals surface area contributed by atoms with Crippen LogP contribution in [0.3, 0.4) is 0 Å². The highest BCUT2D eigenvalue weighted by atomic mass is 19.1. The Balaban J connectivity index is 1.84. The molecule has 142 valence electrons. The van der Waals surface area contributed by atoms with Crippen LogP contribution >= 0.6 is 0 Å². The highest BCUT2D eigenvalue weighted by Crippen LogP contribution is 2.36. The third kappa shape index (κ3) is 4.70. The van der Waals surface area contributed by atoms with Crippen molar-refractivity contribution in [3.8, 4) is 0 Å².